The molecule has 2 aliphatic heterocycles. The molecule has 2 saturated heterocycles. The Labute approximate surface area is 174 Å². The van der Waals surface area contributed by atoms with Crippen molar-refractivity contribution in [2.24, 2.45) is 0 Å². The minimum absolute atomic E-state index is 0.00818. The summed E-state index contributed by atoms with van der Waals surface area (Å²) in [6.07, 6.45) is 9.01. The number of likely N-dealkylation sites (tertiary alicyclic amines) is 2. The van der Waals surface area contributed by atoms with E-state index in [2.05, 4.69) is 47.0 Å². The molecule has 5 heteroatoms. The fraction of sp³-hybridized carbons (Fsp3) is 0.625. The van der Waals surface area contributed by atoms with Crippen LogP contribution < -0.4 is 4.74 Å². The number of aromatic nitrogens is 1. The maximum atomic E-state index is 13.2. The number of nitrogens with zero attached hydrogens (tertiary/aromatic N) is 2. The second-order valence-electron chi connectivity index (χ2n) is 8.73. The zero-order chi connectivity index (χ0) is 20.4. The molecule has 2 aliphatic rings. The van der Waals surface area contributed by atoms with E-state index in [9.17, 15) is 4.79 Å². The molecule has 4 rings (SSSR count). The Balaban J connectivity index is 1.41. The lowest BCUT2D eigenvalue weighted by Crippen LogP contribution is -2.53. The summed E-state index contributed by atoms with van der Waals surface area (Å²) in [6.45, 7) is 7.23. The average Bonchev–Trinajstić information content (AvgIpc) is 3.21. The van der Waals surface area contributed by atoms with E-state index >= 15 is 0 Å². The first-order valence-corrected chi connectivity index (χ1v) is 11.3. The Morgan fingerprint density at radius 2 is 2.00 bits per heavy atom. The minimum Gasteiger partial charge on any atom is -0.497 e. The van der Waals surface area contributed by atoms with Crippen molar-refractivity contribution in [3.63, 3.8) is 0 Å². The summed E-state index contributed by atoms with van der Waals surface area (Å²) < 4.78 is 5.42. The fourth-order valence-corrected chi connectivity index (χ4v) is 5.30. The molecule has 2 atom stereocenters. The Bertz CT molecular complexity index is 838. The molecule has 0 bridgehead atoms. The summed E-state index contributed by atoms with van der Waals surface area (Å²) in [5, 5.41) is 1.27. The molecular weight excluding hydrogens is 362 g/mol. The van der Waals surface area contributed by atoms with Crippen LogP contribution in [0.15, 0.2) is 24.4 Å². The first-order valence-electron chi connectivity index (χ1n) is 11.3. The Morgan fingerprint density at radius 1 is 1.21 bits per heavy atom. The quantitative estimate of drug-likeness (QED) is 0.806. The molecule has 1 aromatic heterocycles. The van der Waals surface area contributed by atoms with E-state index in [4.69, 9.17) is 4.74 Å². The van der Waals surface area contributed by atoms with Gasteiger partial charge in [0, 0.05) is 29.7 Å². The number of amides is 1. The predicted octanol–water partition coefficient (Wildman–Crippen LogP) is 4.54. The maximum absolute atomic E-state index is 13.2. The molecule has 1 N–H and O–H groups in total. The van der Waals surface area contributed by atoms with Crippen LogP contribution >= 0.6 is 0 Å². The number of aromatic amines is 1. The maximum Gasteiger partial charge on any atom is 0.239 e. The highest BCUT2D eigenvalue weighted by molar-refractivity contribution is 5.85. The van der Waals surface area contributed by atoms with Gasteiger partial charge in [-0.25, -0.2) is 0 Å². The Hall–Kier alpha value is -2.01. The van der Waals surface area contributed by atoms with Crippen LogP contribution in [-0.2, 0) is 4.79 Å². The van der Waals surface area contributed by atoms with E-state index in [1.165, 1.54) is 29.3 Å². The summed E-state index contributed by atoms with van der Waals surface area (Å²) in [6, 6.07) is 6.67. The van der Waals surface area contributed by atoms with E-state index < -0.39 is 0 Å². The van der Waals surface area contributed by atoms with Crippen LogP contribution in [0.3, 0.4) is 0 Å². The molecular formula is C24H35N3O2. The van der Waals surface area contributed by atoms with Gasteiger partial charge in [0.05, 0.1) is 13.2 Å². The number of H-pyrrole nitrogens is 1. The van der Waals surface area contributed by atoms with Crippen LogP contribution in [0, 0.1) is 0 Å². The number of fused-ring (bicyclic) bond motifs is 1. The minimum atomic E-state index is -0.00818. The normalized spacial score (nSPS) is 22.7. The number of carbonyl (C=O) groups is 1. The van der Waals surface area contributed by atoms with E-state index in [0.717, 1.165) is 51.1 Å². The van der Waals surface area contributed by atoms with Crippen molar-refractivity contribution in [3.05, 3.63) is 30.0 Å². The monoisotopic (exact) mass is 397 g/mol. The molecule has 0 radical (unpaired) electrons. The van der Waals surface area contributed by atoms with Crippen molar-refractivity contribution in [2.75, 3.05) is 26.7 Å². The van der Waals surface area contributed by atoms with Gasteiger partial charge in [0.25, 0.3) is 0 Å². The summed E-state index contributed by atoms with van der Waals surface area (Å²) in [5.74, 6) is 1.78. The van der Waals surface area contributed by atoms with Crippen molar-refractivity contribution in [1.82, 2.24) is 14.8 Å². The lowest BCUT2D eigenvalue weighted by Gasteiger charge is -2.41. The molecule has 1 aromatic carbocycles. The van der Waals surface area contributed by atoms with Crippen LogP contribution in [-0.4, -0.2) is 59.5 Å². The van der Waals surface area contributed by atoms with Gasteiger partial charge in [0.15, 0.2) is 0 Å². The zero-order valence-electron chi connectivity index (χ0n) is 18.1. The summed E-state index contributed by atoms with van der Waals surface area (Å²) in [5.41, 5.74) is 2.56. The van der Waals surface area contributed by atoms with Crippen molar-refractivity contribution in [3.8, 4) is 5.75 Å². The van der Waals surface area contributed by atoms with Crippen LogP contribution in [0.2, 0.25) is 0 Å². The first-order chi connectivity index (χ1) is 14.1. The SMILES string of the molecule is CCC1CCCCN1C(=O)C(C)N1CCC(c2c[nH]c3ccc(OC)cc23)CC1. The molecule has 3 heterocycles. The number of methoxy groups -OCH3 is 1. The van der Waals surface area contributed by atoms with Crippen LogP contribution in [0.25, 0.3) is 10.9 Å². The van der Waals surface area contributed by atoms with E-state index in [0.29, 0.717) is 17.9 Å². The van der Waals surface area contributed by atoms with E-state index in [-0.39, 0.29) is 6.04 Å². The largest absolute Gasteiger partial charge is 0.497 e. The molecule has 5 nitrogen and oxygen atoms in total. The van der Waals surface area contributed by atoms with Crippen LogP contribution in [0.4, 0.5) is 0 Å². The second-order valence-corrected chi connectivity index (χ2v) is 8.73. The number of benzene rings is 1. The average molecular weight is 398 g/mol. The Morgan fingerprint density at radius 3 is 2.72 bits per heavy atom. The van der Waals surface area contributed by atoms with Crippen molar-refractivity contribution in [1.29, 1.82) is 0 Å². The Kier molecular flexibility index (Phi) is 6.14. The zero-order valence-corrected chi connectivity index (χ0v) is 18.1. The third-order valence-electron chi connectivity index (χ3n) is 7.18. The number of hydrogen-bond acceptors (Lipinski definition) is 3. The molecule has 2 aromatic rings. The number of nitrogens with one attached hydrogen (secondary N) is 1. The van der Waals surface area contributed by atoms with E-state index in [1.54, 1.807) is 7.11 Å². The van der Waals surface area contributed by atoms with Gasteiger partial charge in [0.1, 0.15) is 5.75 Å². The number of piperidine rings is 2. The predicted molar refractivity (Wildman–Crippen MR) is 118 cm³/mol. The van der Waals surface area contributed by atoms with Gasteiger partial charge in [-0.2, -0.15) is 0 Å². The highest BCUT2D eigenvalue weighted by Gasteiger charge is 2.33. The van der Waals surface area contributed by atoms with Gasteiger partial charge in [-0.3, -0.25) is 9.69 Å². The molecule has 2 unspecified atom stereocenters. The smallest absolute Gasteiger partial charge is 0.239 e. The second kappa shape index (κ2) is 8.78. The van der Waals surface area contributed by atoms with Crippen molar-refractivity contribution >= 4 is 16.8 Å². The van der Waals surface area contributed by atoms with Crippen molar-refractivity contribution in [2.45, 2.75) is 70.4 Å². The molecule has 2 fully saturated rings. The van der Waals surface area contributed by atoms with Crippen LogP contribution in [0.1, 0.15) is 63.9 Å². The molecule has 0 saturated carbocycles. The third kappa shape index (κ3) is 4.02. The number of ether oxygens (including phenoxy) is 1. The number of carbonyl (C=O) groups excluding carboxylic acids is 1. The number of hydrogen-bond donors (Lipinski definition) is 1. The summed E-state index contributed by atoms with van der Waals surface area (Å²) >= 11 is 0. The van der Waals surface area contributed by atoms with E-state index in [1.807, 2.05) is 6.07 Å². The lowest BCUT2D eigenvalue weighted by molar-refractivity contribution is -0.140. The van der Waals surface area contributed by atoms with Crippen molar-refractivity contribution < 1.29 is 9.53 Å². The lowest BCUT2D eigenvalue weighted by atomic mass is 9.88. The van der Waals surface area contributed by atoms with Gasteiger partial charge in [-0.1, -0.05) is 6.92 Å². The molecule has 0 aliphatic carbocycles. The first kappa shape index (κ1) is 20.3. The topological polar surface area (TPSA) is 48.6 Å². The summed E-state index contributed by atoms with van der Waals surface area (Å²) in [7, 11) is 1.72. The molecule has 0 spiro atoms. The van der Waals surface area contributed by atoms with Crippen LogP contribution in [0.5, 0.6) is 5.75 Å². The highest BCUT2D eigenvalue weighted by atomic mass is 16.5. The van der Waals surface area contributed by atoms with Gasteiger partial charge >= 0.3 is 0 Å². The summed E-state index contributed by atoms with van der Waals surface area (Å²) in [4.78, 5) is 21.2. The number of rotatable bonds is 5. The fourth-order valence-electron chi connectivity index (χ4n) is 5.30. The molecule has 1 amide bonds. The standard InChI is InChI=1S/C24H35N3O2/c1-4-19-7-5-6-12-27(19)24(28)17(2)26-13-10-18(11-14-26)22-16-25-23-9-8-20(29-3)15-21(22)23/h8-9,15-19,25H,4-7,10-14H2,1-3H3. The molecule has 158 valence electrons. The van der Waals surface area contributed by atoms with Gasteiger partial charge in [-0.05, 0) is 88.2 Å². The van der Waals surface area contributed by atoms with Gasteiger partial charge in [0.2, 0.25) is 5.91 Å². The van der Waals surface area contributed by atoms with Gasteiger partial charge < -0.3 is 14.6 Å². The third-order valence-corrected chi connectivity index (χ3v) is 7.18. The highest BCUT2D eigenvalue weighted by Crippen LogP contribution is 2.35. The molecule has 29 heavy (non-hydrogen) atoms. The van der Waals surface area contributed by atoms with Gasteiger partial charge in [-0.15, -0.1) is 0 Å².